The molecule has 0 radical (unpaired) electrons. The molecule has 0 aromatic carbocycles. The zero-order valence-corrected chi connectivity index (χ0v) is 12.8. The molecule has 6 nitrogen and oxygen atoms in total. The summed E-state index contributed by atoms with van der Waals surface area (Å²) < 4.78 is 7.42. The van der Waals surface area contributed by atoms with E-state index in [9.17, 15) is 4.79 Å². The Bertz CT molecular complexity index is 500. The summed E-state index contributed by atoms with van der Waals surface area (Å²) in [7, 11) is 0. The highest BCUT2D eigenvalue weighted by atomic mass is 16.5. The molecule has 21 heavy (non-hydrogen) atoms. The lowest BCUT2D eigenvalue weighted by Crippen LogP contribution is -2.39. The van der Waals surface area contributed by atoms with Gasteiger partial charge in [-0.05, 0) is 39.2 Å². The van der Waals surface area contributed by atoms with E-state index in [1.165, 1.54) is 12.8 Å². The van der Waals surface area contributed by atoms with Gasteiger partial charge in [0.2, 0.25) is 0 Å². The molecule has 1 aromatic heterocycles. The Kier molecular flexibility index (Phi) is 4.53. The van der Waals surface area contributed by atoms with Gasteiger partial charge in [-0.25, -0.2) is 0 Å². The highest BCUT2D eigenvalue weighted by Crippen LogP contribution is 2.21. The molecule has 3 heterocycles. The van der Waals surface area contributed by atoms with Crippen molar-refractivity contribution < 1.29 is 9.53 Å². The highest BCUT2D eigenvalue weighted by Gasteiger charge is 2.28. The van der Waals surface area contributed by atoms with Gasteiger partial charge in [-0.15, -0.1) is 10.2 Å². The summed E-state index contributed by atoms with van der Waals surface area (Å²) in [6.07, 6.45) is 5.45. The number of likely N-dealkylation sites (tertiary alicyclic amines) is 1. The number of fused-ring (bicyclic) bond motifs is 1. The molecule has 0 bridgehead atoms. The second kappa shape index (κ2) is 6.56. The van der Waals surface area contributed by atoms with Crippen molar-refractivity contribution >= 4 is 5.97 Å². The van der Waals surface area contributed by atoms with E-state index in [0.717, 1.165) is 57.1 Å². The molecular weight excluding hydrogens is 268 g/mol. The largest absolute Gasteiger partial charge is 0.466 e. The van der Waals surface area contributed by atoms with Gasteiger partial charge in [0.15, 0.2) is 0 Å². The third-order valence-corrected chi connectivity index (χ3v) is 4.43. The topological polar surface area (TPSA) is 60.2 Å². The van der Waals surface area contributed by atoms with Crippen LogP contribution in [0.1, 0.15) is 44.3 Å². The van der Waals surface area contributed by atoms with Gasteiger partial charge in [-0.3, -0.25) is 9.69 Å². The normalized spacial score (nSPS) is 22.8. The number of aromatic nitrogens is 3. The summed E-state index contributed by atoms with van der Waals surface area (Å²) in [5, 5.41) is 8.65. The van der Waals surface area contributed by atoms with E-state index >= 15 is 0 Å². The lowest BCUT2D eigenvalue weighted by atomic mass is 9.98. The maximum atomic E-state index is 11.9. The van der Waals surface area contributed by atoms with Gasteiger partial charge in [-0.2, -0.15) is 0 Å². The molecule has 0 amide bonds. The maximum absolute atomic E-state index is 11.9. The summed E-state index contributed by atoms with van der Waals surface area (Å²) in [6.45, 7) is 5.96. The molecule has 1 saturated heterocycles. The smallest absolute Gasteiger partial charge is 0.310 e. The monoisotopic (exact) mass is 292 g/mol. The number of rotatable bonds is 4. The van der Waals surface area contributed by atoms with Gasteiger partial charge >= 0.3 is 5.97 Å². The van der Waals surface area contributed by atoms with Gasteiger partial charge in [-0.1, -0.05) is 0 Å². The van der Waals surface area contributed by atoms with Crippen molar-refractivity contribution in [1.82, 2.24) is 19.7 Å². The lowest BCUT2D eigenvalue weighted by molar-refractivity contribution is -0.150. The van der Waals surface area contributed by atoms with Crippen molar-refractivity contribution in [2.75, 3.05) is 19.7 Å². The van der Waals surface area contributed by atoms with Crippen LogP contribution in [0.4, 0.5) is 0 Å². The Hall–Kier alpha value is -1.43. The van der Waals surface area contributed by atoms with E-state index < -0.39 is 0 Å². The molecule has 0 aliphatic carbocycles. The van der Waals surface area contributed by atoms with E-state index in [2.05, 4.69) is 19.7 Å². The molecule has 0 unspecified atom stereocenters. The van der Waals surface area contributed by atoms with Gasteiger partial charge in [0.25, 0.3) is 0 Å². The molecule has 1 fully saturated rings. The van der Waals surface area contributed by atoms with Gasteiger partial charge < -0.3 is 9.30 Å². The zero-order valence-electron chi connectivity index (χ0n) is 12.8. The molecule has 0 spiro atoms. The third kappa shape index (κ3) is 3.26. The first-order valence-electron chi connectivity index (χ1n) is 8.08. The Balaban J connectivity index is 1.62. The van der Waals surface area contributed by atoms with Crippen LogP contribution in [0.25, 0.3) is 0 Å². The fraction of sp³-hybridized carbons (Fsp3) is 0.800. The number of ether oxygens (including phenoxy) is 1. The maximum Gasteiger partial charge on any atom is 0.310 e. The number of hydrogen-bond donors (Lipinski definition) is 0. The summed E-state index contributed by atoms with van der Waals surface area (Å²) in [5.41, 5.74) is 0. The number of aryl methyl sites for hydroxylation is 1. The van der Waals surface area contributed by atoms with Crippen LogP contribution in [0.15, 0.2) is 0 Å². The molecule has 0 saturated carbocycles. The molecular formula is C15H24N4O2. The van der Waals surface area contributed by atoms with Gasteiger partial charge in [0, 0.05) is 19.5 Å². The predicted octanol–water partition coefficient (Wildman–Crippen LogP) is 1.39. The molecule has 6 heteroatoms. The molecule has 2 aliphatic rings. The standard InChI is InChI=1S/C15H24N4O2/c1-2-21-15(20)12-6-5-8-18(10-12)11-14-17-16-13-7-3-4-9-19(13)14/h12H,2-11H2,1H3/t12-/m1/s1. The quantitative estimate of drug-likeness (QED) is 0.785. The molecule has 0 N–H and O–H groups in total. The van der Waals surface area contributed by atoms with Crippen LogP contribution in [0, 0.1) is 5.92 Å². The van der Waals surface area contributed by atoms with E-state index in [4.69, 9.17) is 4.74 Å². The number of esters is 1. The minimum absolute atomic E-state index is 0.0162. The third-order valence-electron chi connectivity index (χ3n) is 4.43. The first-order chi connectivity index (χ1) is 10.3. The Labute approximate surface area is 125 Å². The van der Waals surface area contributed by atoms with E-state index in [0.29, 0.717) is 6.61 Å². The molecule has 1 atom stereocenters. The van der Waals surface area contributed by atoms with Crippen molar-refractivity contribution in [1.29, 1.82) is 0 Å². The molecule has 1 aromatic rings. The number of nitrogens with zero attached hydrogens (tertiary/aromatic N) is 4. The van der Waals surface area contributed by atoms with Crippen molar-refractivity contribution in [2.24, 2.45) is 5.92 Å². The van der Waals surface area contributed by atoms with Crippen LogP contribution in [-0.4, -0.2) is 45.3 Å². The van der Waals surface area contributed by atoms with Crippen LogP contribution in [0.5, 0.6) is 0 Å². The van der Waals surface area contributed by atoms with Crippen molar-refractivity contribution in [2.45, 2.75) is 52.1 Å². The van der Waals surface area contributed by atoms with Crippen LogP contribution in [0.2, 0.25) is 0 Å². The van der Waals surface area contributed by atoms with Crippen LogP contribution < -0.4 is 0 Å². The lowest BCUT2D eigenvalue weighted by Gasteiger charge is -2.31. The minimum Gasteiger partial charge on any atom is -0.466 e. The number of carbonyl (C=O) groups excluding carboxylic acids is 1. The number of piperidine rings is 1. The summed E-state index contributed by atoms with van der Waals surface area (Å²) >= 11 is 0. The van der Waals surface area contributed by atoms with Crippen molar-refractivity contribution in [3.8, 4) is 0 Å². The Morgan fingerprint density at radius 3 is 3.05 bits per heavy atom. The summed E-state index contributed by atoms with van der Waals surface area (Å²) in [4.78, 5) is 14.2. The van der Waals surface area contributed by atoms with Crippen LogP contribution in [0.3, 0.4) is 0 Å². The van der Waals surface area contributed by atoms with E-state index in [1.807, 2.05) is 6.92 Å². The van der Waals surface area contributed by atoms with Crippen LogP contribution in [-0.2, 0) is 29.0 Å². The zero-order chi connectivity index (χ0) is 14.7. The first kappa shape index (κ1) is 14.5. The fourth-order valence-electron chi connectivity index (χ4n) is 3.34. The summed E-state index contributed by atoms with van der Waals surface area (Å²) in [5.74, 6) is 2.14. The van der Waals surface area contributed by atoms with E-state index in [-0.39, 0.29) is 11.9 Å². The molecule has 116 valence electrons. The van der Waals surface area contributed by atoms with Gasteiger partial charge in [0.1, 0.15) is 11.6 Å². The fourth-order valence-corrected chi connectivity index (χ4v) is 3.34. The minimum atomic E-state index is -0.0505. The average molecular weight is 292 g/mol. The first-order valence-corrected chi connectivity index (χ1v) is 8.08. The predicted molar refractivity (Wildman–Crippen MR) is 77.6 cm³/mol. The second-order valence-electron chi connectivity index (χ2n) is 5.97. The van der Waals surface area contributed by atoms with E-state index in [1.54, 1.807) is 0 Å². The number of carbonyl (C=O) groups is 1. The van der Waals surface area contributed by atoms with Crippen molar-refractivity contribution in [3.05, 3.63) is 11.6 Å². The average Bonchev–Trinajstić information content (AvgIpc) is 2.91. The van der Waals surface area contributed by atoms with Crippen molar-refractivity contribution in [3.63, 3.8) is 0 Å². The number of hydrogen-bond acceptors (Lipinski definition) is 5. The molecule has 2 aliphatic heterocycles. The second-order valence-corrected chi connectivity index (χ2v) is 5.97. The van der Waals surface area contributed by atoms with Gasteiger partial charge in [0.05, 0.1) is 19.1 Å². The SMILES string of the molecule is CCOC(=O)[C@@H]1CCCN(Cc2nnc3n2CCCC3)C1. The highest BCUT2D eigenvalue weighted by molar-refractivity contribution is 5.72. The molecule has 3 rings (SSSR count). The summed E-state index contributed by atoms with van der Waals surface area (Å²) in [6, 6.07) is 0. The van der Waals surface area contributed by atoms with Crippen LogP contribution >= 0.6 is 0 Å². The Morgan fingerprint density at radius 2 is 2.19 bits per heavy atom. The Morgan fingerprint density at radius 1 is 1.29 bits per heavy atom.